The molecule has 0 spiro atoms. The molecule has 1 saturated carbocycles. The van der Waals surface area contributed by atoms with Gasteiger partial charge in [-0.3, -0.25) is 4.79 Å². The Morgan fingerprint density at radius 1 is 1.37 bits per heavy atom. The third-order valence-electron chi connectivity index (χ3n) is 4.39. The van der Waals surface area contributed by atoms with E-state index in [1.165, 1.54) is 0 Å². The van der Waals surface area contributed by atoms with Gasteiger partial charge in [0.1, 0.15) is 0 Å². The maximum absolute atomic E-state index is 12.1. The number of amides is 1. The molecule has 1 rings (SSSR count). The van der Waals surface area contributed by atoms with Crippen molar-refractivity contribution in [3.05, 3.63) is 0 Å². The minimum absolute atomic E-state index is 0.123. The summed E-state index contributed by atoms with van der Waals surface area (Å²) in [5, 5.41) is 13.7. The molecule has 0 saturated heterocycles. The number of aliphatic hydroxyl groups is 1. The van der Waals surface area contributed by atoms with Crippen molar-refractivity contribution in [1.82, 2.24) is 10.2 Å². The topological polar surface area (TPSA) is 52.6 Å². The molecule has 0 heterocycles. The standard InChI is InChI=1S/C15H30N2O2/c1-5-17(6-2)14(18)13(4)16-11-15(19)9-7-12(3)8-10-15/h12-13,16,19H,5-11H2,1-4H3. The largest absolute Gasteiger partial charge is 0.389 e. The van der Waals surface area contributed by atoms with E-state index in [2.05, 4.69) is 12.2 Å². The van der Waals surface area contributed by atoms with Gasteiger partial charge in [-0.15, -0.1) is 0 Å². The number of rotatable bonds is 6. The van der Waals surface area contributed by atoms with Gasteiger partial charge in [-0.25, -0.2) is 0 Å². The number of carbonyl (C=O) groups excluding carboxylic acids is 1. The third-order valence-corrected chi connectivity index (χ3v) is 4.39. The monoisotopic (exact) mass is 270 g/mol. The van der Waals surface area contributed by atoms with E-state index in [1.54, 1.807) is 0 Å². The molecule has 0 aromatic carbocycles. The van der Waals surface area contributed by atoms with Gasteiger partial charge in [0.2, 0.25) is 5.91 Å². The minimum atomic E-state index is -0.621. The van der Waals surface area contributed by atoms with Crippen LogP contribution in [0.3, 0.4) is 0 Å². The Bertz CT molecular complexity index is 282. The lowest BCUT2D eigenvalue weighted by molar-refractivity contribution is -0.133. The molecule has 1 aliphatic carbocycles. The van der Waals surface area contributed by atoms with E-state index in [0.717, 1.165) is 44.7 Å². The van der Waals surface area contributed by atoms with Crippen molar-refractivity contribution in [2.24, 2.45) is 5.92 Å². The second kappa shape index (κ2) is 7.25. The Morgan fingerprint density at radius 2 is 1.89 bits per heavy atom. The molecule has 1 fully saturated rings. The van der Waals surface area contributed by atoms with E-state index < -0.39 is 5.60 Å². The molecule has 0 bridgehead atoms. The smallest absolute Gasteiger partial charge is 0.239 e. The van der Waals surface area contributed by atoms with Crippen molar-refractivity contribution in [1.29, 1.82) is 0 Å². The number of carbonyl (C=O) groups is 1. The highest BCUT2D eigenvalue weighted by atomic mass is 16.3. The van der Waals surface area contributed by atoms with Gasteiger partial charge in [0.25, 0.3) is 0 Å². The Hall–Kier alpha value is -0.610. The maximum Gasteiger partial charge on any atom is 0.239 e. The summed E-state index contributed by atoms with van der Waals surface area (Å²) in [4.78, 5) is 13.9. The highest BCUT2D eigenvalue weighted by Gasteiger charge is 2.32. The van der Waals surface area contributed by atoms with Crippen molar-refractivity contribution in [3.63, 3.8) is 0 Å². The first-order valence-electron chi connectivity index (χ1n) is 7.66. The highest BCUT2D eigenvalue weighted by Crippen LogP contribution is 2.31. The van der Waals surface area contributed by atoms with Gasteiger partial charge in [0.15, 0.2) is 0 Å². The Kier molecular flexibility index (Phi) is 6.27. The molecule has 0 aromatic heterocycles. The van der Waals surface area contributed by atoms with Crippen LogP contribution in [0.15, 0.2) is 0 Å². The van der Waals surface area contributed by atoms with Crippen LogP contribution in [-0.4, -0.2) is 47.2 Å². The molecular weight excluding hydrogens is 240 g/mol. The molecule has 1 amide bonds. The van der Waals surface area contributed by atoms with Crippen molar-refractivity contribution < 1.29 is 9.90 Å². The van der Waals surface area contributed by atoms with Crippen LogP contribution in [0.4, 0.5) is 0 Å². The van der Waals surface area contributed by atoms with Crippen LogP contribution in [0.25, 0.3) is 0 Å². The van der Waals surface area contributed by atoms with Gasteiger partial charge >= 0.3 is 0 Å². The summed E-state index contributed by atoms with van der Waals surface area (Å²) >= 11 is 0. The molecule has 1 unspecified atom stereocenters. The average Bonchev–Trinajstić information content (AvgIpc) is 2.41. The zero-order valence-corrected chi connectivity index (χ0v) is 12.9. The van der Waals surface area contributed by atoms with Crippen LogP contribution in [0.5, 0.6) is 0 Å². The van der Waals surface area contributed by atoms with Gasteiger partial charge in [-0.05, 0) is 52.4 Å². The Morgan fingerprint density at radius 3 is 2.37 bits per heavy atom. The molecule has 112 valence electrons. The van der Waals surface area contributed by atoms with Crippen molar-refractivity contribution in [2.75, 3.05) is 19.6 Å². The number of nitrogens with one attached hydrogen (secondary N) is 1. The lowest BCUT2D eigenvalue weighted by atomic mass is 9.79. The summed E-state index contributed by atoms with van der Waals surface area (Å²) in [7, 11) is 0. The fourth-order valence-corrected chi connectivity index (χ4v) is 2.72. The lowest BCUT2D eigenvalue weighted by Gasteiger charge is -2.36. The van der Waals surface area contributed by atoms with Crippen LogP contribution in [0.2, 0.25) is 0 Å². The predicted molar refractivity (Wildman–Crippen MR) is 78.0 cm³/mol. The quantitative estimate of drug-likeness (QED) is 0.773. The fourth-order valence-electron chi connectivity index (χ4n) is 2.72. The number of likely N-dealkylation sites (N-methyl/N-ethyl adjacent to an activating group) is 1. The molecule has 4 heteroatoms. The summed E-state index contributed by atoms with van der Waals surface area (Å²) < 4.78 is 0. The third kappa shape index (κ3) is 4.77. The normalized spacial score (nSPS) is 29.0. The first kappa shape index (κ1) is 16.4. The predicted octanol–water partition coefficient (Wildman–Crippen LogP) is 1.77. The highest BCUT2D eigenvalue weighted by molar-refractivity contribution is 5.81. The molecular formula is C15H30N2O2. The average molecular weight is 270 g/mol. The molecule has 0 radical (unpaired) electrons. The summed E-state index contributed by atoms with van der Waals surface area (Å²) in [6.45, 7) is 10.1. The SMILES string of the molecule is CCN(CC)C(=O)C(C)NCC1(O)CCC(C)CC1. The molecule has 4 nitrogen and oxygen atoms in total. The van der Waals surface area contributed by atoms with Crippen LogP contribution in [0.1, 0.15) is 53.4 Å². The second-order valence-corrected chi connectivity index (χ2v) is 6.02. The zero-order valence-electron chi connectivity index (χ0n) is 12.9. The zero-order chi connectivity index (χ0) is 14.5. The molecule has 1 atom stereocenters. The van der Waals surface area contributed by atoms with Crippen molar-refractivity contribution in [2.45, 2.75) is 65.0 Å². The first-order chi connectivity index (χ1) is 8.91. The van der Waals surface area contributed by atoms with E-state index in [0.29, 0.717) is 6.54 Å². The number of hydrogen-bond acceptors (Lipinski definition) is 3. The summed E-state index contributed by atoms with van der Waals surface area (Å²) in [6.07, 6.45) is 3.84. The van der Waals surface area contributed by atoms with E-state index >= 15 is 0 Å². The van der Waals surface area contributed by atoms with Crippen LogP contribution in [0, 0.1) is 5.92 Å². The van der Waals surface area contributed by atoms with Crippen LogP contribution >= 0.6 is 0 Å². The van der Waals surface area contributed by atoms with Gasteiger partial charge in [0.05, 0.1) is 11.6 Å². The first-order valence-corrected chi connectivity index (χ1v) is 7.66. The summed E-state index contributed by atoms with van der Waals surface area (Å²) in [5.41, 5.74) is -0.621. The Labute approximate surface area is 117 Å². The van der Waals surface area contributed by atoms with E-state index in [9.17, 15) is 9.90 Å². The maximum atomic E-state index is 12.1. The van der Waals surface area contributed by atoms with Gasteiger partial charge in [-0.2, -0.15) is 0 Å². The van der Waals surface area contributed by atoms with Crippen LogP contribution in [-0.2, 0) is 4.79 Å². The Balaban J connectivity index is 2.41. The summed E-state index contributed by atoms with van der Waals surface area (Å²) in [6, 6.07) is -0.219. The molecule has 19 heavy (non-hydrogen) atoms. The molecule has 0 aliphatic heterocycles. The van der Waals surface area contributed by atoms with Crippen LogP contribution < -0.4 is 5.32 Å². The summed E-state index contributed by atoms with van der Waals surface area (Å²) in [5.74, 6) is 0.841. The van der Waals surface area contributed by atoms with Gasteiger partial charge in [-0.1, -0.05) is 6.92 Å². The fraction of sp³-hybridized carbons (Fsp3) is 0.933. The van der Waals surface area contributed by atoms with E-state index in [-0.39, 0.29) is 11.9 Å². The van der Waals surface area contributed by atoms with Crippen molar-refractivity contribution in [3.8, 4) is 0 Å². The van der Waals surface area contributed by atoms with Gasteiger partial charge < -0.3 is 15.3 Å². The van der Waals surface area contributed by atoms with E-state index in [4.69, 9.17) is 0 Å². The lowest BCUT2D eigenvalue weighted by Crippen LogP contribution is -2.51. The van der Waals surface area contributed by atoms with E-state index in [1.807, 2.05) is 25.7 Å². The number of nitrogens with zero attached hydrogens (tertiary/aromatic N) is 1. The van der Waals surface area contributed by atoms with Gasteiger partial charge in [0, 0.05) is 19.6 Å². The second-order valence-electron chi connectivity index (χ2n) is 6.02. The number of hydrogen-bond donors (Lipinski definition) is 2. The molecule has 1 aliphatic rings. The van der Waals surface area contributed by atoms with Crippen molar-refractivity contribution >= 4 is 5.91 Å². The molecule has 0 aromatic rings. The molecule has 2 N–H and O–H groups in total. The minimum Gasteiger partial charge on any atom is -0.389 e.